The molecule has 0 saturated carbocycles. The van der Waals surface area contributed by atoms with Crippen molar-refractivity contribution in [2.75, 3.05) is 20.3 Å². The molecule has 9 heteroatoms. The summed E-state index contributed by atoms with van der Waals surface area (Å²) in [6.07, 6.45) is 2.45. The topological polar surface area (TPSA) is 117 Å². The molecule has 0 aliphatic heterocycles. The molecule has 0 aromatic heterocycles. The van der Waals surface area contributed by atoms with Gasteiger partial charge < -0.3 is 24.3 Å². The normalized spacial score (nSPS) is 13.3. The van der Waals surface area contributed by atoms with Crippen LogP contribution in [0.2, 0.25) is 0 Å². The van der Waals surface area contributed by atoms with Gasteiger partial charge in [0.1, 0.15) is 12.6 Å². The molecule has 0 radical (unpaired) electrons. The van der Waals surface area contributed by atoms with Gasteiger partial charge in [-0.25, -0.2) is 0 Å². The summed E-state index contributed by atoms with van der Waals surface area (Å²) in [4.78, 5) is 48.6. The minimum atomic E-state index is -0.725. The third kappa shape index (κ3) is 10.5. The van der Waals surface area contributed by atoms with E-state index in [1.54, 1.807) is 32.0 Å². The summed E-state index contributed by atoms with van der Waals surface area (Å²) in [5, 5.41) is 3.03. The summed E-state index contributed by atoms with van der Waals surface area (Å²) in [6, 6.07) is 4.10. The monoisotopic (exact) mass is 493 g/mol. The standard InChI is InChI=1S/C26H39NO8/c1-7-10-23(28)33-14-13-27-20(26(31)32-6)15-19-11-12-21(34-24(29)17(4)8-2)22(16-19)35-25(30)18(5)9-3/h11-12,16-18,20,27H,7-10,13-15H2,1-6H3/t17?,18?,20-/m0/s1. The summed E-state index contributed by atoms with van der Waals surface area (Å²) in [6.45, 7) is 9.53. The molecule has 1 aromatic carbocycles. The Balaban J connectivity index is 3.05. The number of rotatable bonds is 15. The lowest BCUT2D eigenvalue weighted by molar-refractivity contribution is -0.144. The van der Waals surface area contributed by atoms with Gasteiger partial charge in [-0.1, -0.05) is 40.7 Å². The Hall–Kier alpha value is -2.94. The quantitative estimate of drug-likeness (QED) is 0.222. The summed E-state index contributed by atoms with van der Waals surface area (Å²) in [7, 11) is 1.29. The molecular formula is C26H39NO8. The minimum Gasteiger partial charge on any atom is -0.468 e. The number of nitrogens with one attached hydrogen (secondary N) is 1. The average molecular weight is 494 g/mol. The fraction of sp³-hybridized carbons (Fsp3) is 0.615. The van der Waals surface area contributed by atoms with Gasteiger partial charge in [0, 0.05) is 13.0 Å². The maximum atomic E-state index is 12.4. The number of ether oxygens (including phenoxy) is 4. The zero-order chi connectivity index (χ0) is 26.4. The van der Waals surface area contributed by atoms with Crippen LogP contribution in [0.5, 0.6) is 11.5 Å². The van der Waals surface area contributed by atoms with Gasteiger partial charge in [-0.15, -0.1) is 0 Å². The maximum Gasteiger partial charge on any atom is 0.323 e. The molecule has 0 amide bonds. The molecule has 1 rings (SSSR count). The van der Waals surface area contributed by atoms with Crippen molar-refractivity contribution in [2.24, 2.45) is 11.8 Å². The Bertz CT molecular complexity index is 854. The molecule has 0 spiro atoms. The van der Waals surface area contributed by atoms with Gasteiger partial charge in [-0.3, -0.25) is 19.2 Å². The summed E-state index contributed by atoms with van der Waals surface area (Å²) >= 11 is 0. The first-order valence-electron chi connectivity index (χ1n) is 12.2. The van der Waals surface area contributed by atoms with E-state index in [9.17, 15) is 19.2 Å². The van der Waals surface area contributed by atoms with Crippen molar-refractivity contribution in [1.82, 2.24) is 5.32 Å². The van der Waals surface area contributed by atoms with Crippen molar-refractivity contribution < 1.29 is 38.1 Å². The lowest BCUT2D eigenvalue weighted by Crippen LogP contribution is -2.41. The van der Waals surface area contributed by atoms with Crippen molar-refractivity contribution in [3.63, 3.8) is 0 Å². The SMILES string of the molecule is CCCC(=O)OCCN[C@@H](Cc1ccc(OC(=O)C(C)CC)c(OC(=O)C(C)CC)c1)C(=O)OC. The number of esters is 4. The van der Waals surface area contributed by atoms with Crippen LogP contribution in [0.25, 0.3) is 0 Å². The second-order valence-electron chi connectivity index (χ2n) is 8.45. The average Bonchev–Trinajstić information content (AvgIpc) is 2.85. The Labute approximate surface area is 207 Å². The molecule has 196 valence electrons. The summed E-state index contributed by atoms with van der Waals surface area (Å²) < 4.78 is 21.1. The number of benzene rings is 1. The van der Waals surface area contributed by atoms with Gasteiger partial charge >= 0.3 is 23.9 Å². The maximum absolute atomic E-state index is 12.4. The van der Waals surface area contributed by atoms with Crippen molar-refractivity contribution >= 4 is 23.9 Å². The van der Waals surface area contributed by atoms with Crippen LogP contribution < -0.4 is 14.8 Å². The van der Waals surface area contributed by atoms with Crippen LogP contribution in [0, 0.1) is 11.8 Å². The van der Waals surface area contributed by atoms with Crippen LogP contribution in [0.4, 0.5) is 0 Å². The number of hydrogen-bond acceptors (Lipinski definition) is 9. The molecule has 0 fully saturated rings. The number of hydrogen-bond donors (Lipinski definition) is 1. The molecule has 2 unspecified atom stereocenters. The second kappa shape index (κ2) is 15.9. The smallest absolute Gasteiger partial charge is 0.323 e. The van der Waals surface area contributed by atoms with Crippen LogP contribution in [-0.4, -0.2) is 50.2 Å². The first kappa shape index (κ1) is 30.1. The van der Waals surface area contributed by atoms with E-state index in [0.717, 1.165) is 0 Å². The lowest BCUT2D eigenvalue weighted by atomic mass is 10.0. The van der Waals surface area contributed by atoms with Crippen molar-refractivity contribution in [2.45, 2.75) is 72.8 Å². The highest BCUT2D eigenvalue weighted by atomic mass is 16.6. The van der Waals surface area contributed by atoms with Crippen molar-refractivity contribution in [3.05, 3.63) is 23.8 Å². The lowest BCUT2D eigenvalue weighted by Gasteiger charge is -2.19. The van der Waals surface area contributed by atoms with Gasteiger partial charge in [-0.05, 0) is 43.4 Å². The van der Waals surface area contributed by atoms with Gasteiger partial charge in [-0.2, -0.15) is 0 Å². The highest BCUT2D eigenvalue weighted by molar-refractivity contribution is 5.79. The Kier molecular flexibility index (Phi) is 13.6. The number of carbonyl (C=O) groups excluding carboxylic acids is 4. The third-order valence-corrected chi connectivity index (χ3v) is 5.59. The number of methoxy groups -OCH3 is 1. The van der Waals surface area contributed by atoms with Gasteiger partial charge in [0.2, 0.25) is 0 Å². The van der Waals surface area contributed by atoms with Gasteiger partial charge in [0.15, 0.2) is 11.5 Å². The van der Waals surface area contributed by atoms with E-state index in [0.29, 0.717) is 31.2 Å². The van der Waals surface area contributed by atoms with Crippen LogP contribution in [0.15, 0.2) is 18.2 Å². The molecule has 3 atom stereocenters. The van der Waals surface area contributed by atoms with E-state index in [4.69, 9.17) is 18.9 Å². The van der Waals surface area contributed by atoms with Crippen LogP contribution in [0.3, 0.4) is 0 Å². The Morgan fingerprint density at radius 1 is 0.886 bits per heavy atom. The molecule has 0 heterocycles. The second-order valence-corrected chi connectivity index (χ2v) is 8.45. The summed E-state index contributed by atoms with van der Waals surface area (Å²) in [5.41, 5.74) is 0.658. The van der Waals surface area contributed by atoms with Crippen LogP contribution >= 0.6 is 0 Å². The van der Waals surface area contributed by atoms with Gasteiger partial charge in [0.05, 0.1) is 18.9 Å². The predicted molar refractivity (Wildman–Crippen MR) is 130 cm³/mol. The molecule has 1 N–H and O–H groups in total. The number of carbonyl (C=O) groups is 4. The molecule has 0 saturated heterocycles. The summed E-state index contributed by atoms with van der Waals surface area (Å²) in [5.74, 6) is -2.05. The zero-order valence-electron chi connectivity index (χ0n) is 21.7. The molecule has 9 nitrogen and oxygen atoms in total. The fourth-order valence-electron chi connectivity index (χ4n) is 2.89. The molecular weight excluding hydrogens is 454 g/mol. The highest BCUT2D eigenvalue weighted by Gasteiger charge is 2.23. The van der Waals surface area contributed by atoms with E-state index in [-0.39, 0.29) is 48.9 Å². The molecule has 0 bridgehead atoms. The van der Waals surface area contributed by atoms with E-state index in [2.05, 4.69) is 5.32 Å². The molecule has 0 aliphatic rings. The van der Waals surface area contributed by atoms with E-state index >= 15 is 0 Å². The third-order valence-electron chi connectivity index (χ3n) is 5.59. The Morgan fingerprint density at radius 2 is 1.49 bits per heavy atom. The Morgan fingerprint density at radius 3 is 2.03 bits per heavy atom. The highest BCUT2D eigenvalue weighted by Crippen LogP contribution is 2.31. The van der Waals surface area contributed by atoms with Gasteiger partial charge in [0.25, 0.3) is 0 Å². The fourth-order valence-corrected chi connectivity index (χ4v) is 2.89. The van der Waals surface area contributed by atoms with E-state index < -0.39 is 23.9 Å². The van der Waals surface area contributed by atoms with Crippen LogP contribution in [-0.2, 0) is 35.1 Å². The largest absolute Gasteiger partial charge is 0.468 e. The predicted octanol–water partition coefficient (Wildman–Crippen LogP) is 3.61. The van der Waals surface area contributed by atoms with Crippen molar-refractivity contribution in [1.29, 1.82) is 0 Å². The first-order chi connectivity index (χ1) is 16.7. The van der Waals surface area contributed by atoms with E-state index in [1.165, 1.54) is 7.11 Å². The van der Waals surface area contributed by atoms with Crippen molar-refractivity contribution in [3.8, 4) is 11.5 Å². The first-order valence-corrected chi connectivity index (χ1v) is 12.2. The molecule has 35 heavy (non-hydrogen) atoms. The zero-order valence-corrected chi connectivity index (χ0v) is 21.7. The van der Waals surface area contributed by atoms with E-state index in [1.807, 2.05) is 20.8 Å². The molecule has 0 aliphatic carbocycles. The molecule has 1 aromatic rings. The van der Waals surface area contributed by atoms with Crippen LogP contribution in [0.1, 0.15) is 65.9 Å². The minimum absolute atomic E-state index is 0.113.